The number of sulfonamides is 1. The van der Waals surface area contributed by atoms with Crippen molar-refractivity contribution in [2.75, 3.05) is 44.2 Å². The Labute approximate surface area is 164 Å². The van der Waals surface area contributed by atoms with Crippen LogP contribution in [0.4, 0.5) is 10.1 Å². The Kier molecular flexibility index (Phi) is 5.18. The molecule has 0 radical (unpaired) electrons. The topological polar surface area (TPSA) is 62.1 Å². The van der Waals surface area contributed by atoms with Gasteiger partial charge in [0.15, 0.2) is 6.54 Å². The van der Waals surface area contributed by atoms with Crippen LogP contribution >= 0.6 is 0 Å². The smallest absolute Gasteiger partial charge is 0.282 e. The average Bonchev–Trinajstić information content (AvgIpc) is 3.13. The minimum Gasteiger partial charge on any atom is -0.325 e. The van der Waals surface area contributed by atoms with Gasteiger partial charge in [-0.25, -0.2) is 12.8 Å². The fourth-order valence-corrected chi connectivity index (χ4v) is 5.38. The van der Waals surface area contributed by atoms with Crippen LogP contribution in [0.3, 0.4) is 0 Å². The maximum Gasteiger partial charge on any atom is 0.282 e. The van der Waals surface area contributed by atoms with Crippen molar-refractivity contribution < 1.29 is 22.5 Å². The number of quaternary nitrogens is 1. The second-order valence-electron chi connectivity index (χ2n) is 7.21. The van der Waals surface area contributed by atoms with E-state index in [9.17, 15) is 17.6 Å². The lowest BCUT2D eigenvalue weighted by molar-refractivity contribution is -0.895. The predicted molar refractivity (Wildman–Crippen MR) is 103 cm³/mol. The van der Waals surface area contributed by atoms with Gasteiger partial charge in [-0.05, 0) is 36.2 Å². The number of benzene rings is 2. The molecule has 1 fully saturated rings. The van der Waals surface area contributed by atoms with E-state index in [-0.39, 0.29) is 10.8 Å². The number of carbonyl (C=O) groups excluding carboxylic acids is 1. The fourth-order valence-electron chi connectivity index (χ4n) is 3.90. The van der Waals surface area contributed by atoms with E-state index in [0.717, 1.165) is 23.1 Å². The number of hydrogen-bond donors (Lipinski definition) is 1. The Morgan fingerprint density at radius 3 is 2.54 bits per heavy atom. The first-order chi connectivity index (χ1) is 13.4. The summed E-state index contributed by atoms with van der Waals surface area (Å²) in [5, 5.41) is 0. The number of nitrogens with zero attached hydrogens (tertiary/aromatic N) is 2. The first kappa shape index (κ1) is 19.0. The highest BCUT2D eigenvalue weighted by Gasteiger charge is 2.33. The summed E-state index contributed by atoms with van der Waals surface area (Å²) in [7, 11) is -3.71. The van der Waals surface area contributed by atoms with Crippen LogP contribution in [-0.2, 0) is 21.2 Å². The van der Waals surface area contributed by atoms with Crippen molar-refractivity contribution in [2.24, 2.45) is 0 Å². The van der Waals surface area contributed by atoms with Gasteiger partial charge in [0, 0.05) is 12.2 Å². The molecule has 0 atom stereocenters. The number of piperazine rings is 1. The van der Waals surface area contributed by atoms with Crippen LogP contribution in [0, 0.1) is 5.82 Å². The predicted octanol–water partition coefficient (Wildman–Crippen LogP) is 0.304. The van der Waals surface area contributed by atoms with E-state index in [0.29, 0.717) is 39.3 Å². The van der Waals surface area contributed by atoms with Gasteiger partial charge in [-0.3, -0.25) is 4.79 Å². The van der Waals surface area contributed by atoms with Crippen molar-refractivity contribution in [1.82, 2.24) is 4.31 Å². The number of amides is 1. The van der Waals surface area contributed by atoms with E-state index in [1.54, 1.807) is 0 Å². The molecule has 0 aromatic heterocycles. The molecule has 1 amide bonds. The van der Waals surface area contributed by atoms with Gasteiger partial charge in [0.1, 0.15) is 5.82 Å². The zero-order valence-electron chi connectivity index (χ0n) is 15.5. The quantitative estimate of drug-likeness (QED) is 0.798. The van der Waals surface area contributed by atoms with Gasteiger partial charge in [-0.15, -0.1) is 0 Å². The maximum atomic E-state index is 13.4. The number of anilines is 1. The highest BCUT2D eigenvalue weighted by atomic mass is 32.2. The summed E-state index contributed by atoms with van der Waals surface area (Å²) in [5.41, 5.74) is 2.18. The lowest BCUT2D eigenvalue weighted by atomic mass is 10.2. The third-order valence-electron chi connectivity index (χ3n) is 5.45. The lowest BCUT2D eigenvalue weighted by Gasteiger charge is -2.32. The molecule has 4 rings (SSSR count). The van der Waals surface area contributed by atoms with Crippen molar-refractivity contribution in [3.8, 4) is 0 Å². The number of para-hydroxylation sites is 1. The number of rotatable bonds is 4. The van der Waals surface area contributed by atoms with E-state index in [2.05, 4.69) is 0 Å². The first-order valence-corrected chi connectivity index (χ1v) is 10.9. The van der Waals surface area contributed by atoms with Gasteiger partial charge < -0.3 is 9.80 Å². The number of hydrogen-bond acceptors (Lipinski definition) is 3. The molecule has 2 aromatic carbocycles. The summed E-state index contributed by atoms with van der Waals surface area (Å²) in [6.45, 7) is 2.79. The molecule has 2 aliphatic rings. The van der Waals surface area contributed by atoms with Crippen molar-refractivity contribution >= 4 is 21.6 Å². The average molecular weight is 404 g/mol. The zero-order valence-corrected chi connectivity index (χ0v) is 16.3. The SMILES string of the molecule is O=C(C[NH+]1CCN(S(=O)(=O)c2cccc(F)c2)CC1)N1CCc2ccccc21. The standard InChI is InChI=1S/C20H22FN3O3S/c21-17-5-3-6-18(14-17)28(26,27)23-12-10-22(11-13-23)15-20(25)24-9-8-16-4-1-2-7-19(16)24/h1-7,14H,8-13,15H2/p+1. The summed E-state index contributed by atoms with van der Waals surface area (Å²) >= 11 is 0. The summed E-state index contributed by atoms with van der Waals surface area (Å²) in [6.07, 6.45) is 0.872. The number of nitrogens with one attached hydrogen (secondary N) is 1. The minimum absolute atomic E-state index is 0.0271. The van der Waals surface area contributed by atoms with Crippen LogP contribution in [0.1, 0.15) is 5.56 Å². The largest absolute Gasteiger partial charge is 0.325 e. The van der Waals surface area contributed by atoms with Gasteiger partial charge in [0.2, 0.25) is 10.0 Å². The molecule has 0 aliphatic carbocycles. The van der Waals surface area contributed by atoms with E-state index in [1.165, 1.54) is 28.1 Å². The third kappa shape index (κ3) is 3.67. The molecule has 0 spiro atoms. The zero-order chi connectivity index (χ0) is 19.7. The van der Waals surface area contributed by atoms with Crippen LogP contribution in [0.5, 0.6) is 0 Å². The van der Waals surface area contributed by atoms with E-state index < -0.39 is 15.8 Å². The van der Waals surface area contributed by atoms with Gasteiger partial charge in [0.05, 0.1) is 31.1 Å². The molecular formula is C20H23FN3O3S+. The lowest BCUT2D eigenvalue weighted by Crippen LogP contribution is -3.15. The molecule has 8 heteroatoms. The first-order valence-electron chi connectivity index (χ1n) is 9.43. The molecule has 1 saturated heterocycles. The second-order valence-corrected chi connectivity index (χ2v) is 9.15. The molecule has 0 bridgehead atoms. The molecule has 28 heavy (non-hydrogen) atoms. The van der Waals surface area contributed by atoms with Crippen LogP contribution in [-0.4, -0.2) is 57.9 Å². The van der Waals surface area contributed by atoms with E-state index in [4.69, 9.17) is 0 Å². The van der Waals surface area contributed by atoms with Crippen LogP contribution in [0.25, 0.3) is 0 Å². The normalized spacial score (nSPS) is 18.2. The molecule has 1 N–H and O–H groups in total. The Bertz CT molecular complexity index is 988. The second kappa shape index (κ2) is 7.62. The molecule has 2 heterocycles. The Morgan fingerprint density at radius 2 is 1.79 bits per heavy atom. The van der Waals surface area contributed by atoms with Gasteiger partial charge in [-0.2, -0.15) is 4.31 Å². The van der Waals surface area contributed by atoms with Crippen molar-refractivity contribution in [2.45, 2.75) is 11.3 Å². The molecule has 2 aliphatic heterocycles. The molecule has 0 saturated carbocycles. The van der Waals surface area contributed by atoms with Crippen LogP contribution in [0.2, 0.25) is 0 Å². The number of fused-ring (bicyclic) bond motifs is 1. The van der Waals surface area contributed by atoms with Gasteiger partial charge in [-0.1, -0.05) is 24.3 Å². The monoisotopic (exact) mass is 404 g/mol. The Morgan fingerprint density at radius 1 is 1.04 bits per heavy atom. The summed E-state index contributed by atoms with van der Waals surface area (Å²) in [6, 6.07) is 13.0. The summed E-state index contributed by atoms with van der Waals surface area (Å²) in [5.74, 6) is -0.497. The molecule has 2 aromatic rings. The summed E-state index contributed by atoms with van der Waals surface area (Å²) < 4.78 is 40.1. The Hall–Kier alpha value is -2.29. The van der Waals surface area contributed by atoms with Crippen LogP contribution < -0.4 is 9.80 Å². The van der Waals surface area contributed by atoms with Gasteiger partial charge in [0.25, 0.3) is 5.91 Å². The highest BCUT2D eigenvalue weighted by Crippen LogP contribution is 2.27. The number of carbonyl (C=O) groups is 1. The van der Waals surface area contributed by atoms with E-state index >= 15 is 0 Å². The maximum absolute atomic E-state index is 13.4. The number of halogens is 1. The third-order valence-corrected chi connectivity index (χ3v) is 7.35. The van der Waals surface area contributed by atoms with Crippen molar-refractivity contribution in [3.63, 3.8) is 0 Å². The Balaban J connectivity index is 1.36. The van der Waals surface area contributed by atoms with Crippen molar-refractivity contribution in [3.05, 3.63) is 59.9 Å². The van der Waals surface area contributed by atoms with E-state index in [1.807, 2.05) is 29.2 Å². The molecular weight excluding hydrogens is 381 g/mol. The van der Waals surface area contributed by atoms with Gasteiger partial charge >= 0.3 is 0 Å². The summed E-state index contributed by atoms with van der Waals surface area (Å²) in [4.78, 5) is 15.6. The fraction of sp³-hybridized carbons (Fsp3) is 0.350. The van der Waals surface area contributed by atoms with Crippen molar-refractivity contribution in [1.29, 1.82) is 0 Å². The molecule has 6 nitrogen and oxygen atoms in total. The molecule has 0 unspecified atom stereocenters. The highest BCUT2D eigenvalue weighted by molar-refractivity contribution is 7.89. The van der Waals surface area contributed by atoms with Crippen LogP contribution in [0.15, 0.2) is 53.4 Å². The molecule has 148 valence electrons. The minimum atomic E-state index is -3.71.